The van der Waals surface area contributed by atoms with E-state index in [-0.39, 0.29) is 22.8 Å². The largest absolute Gasteiger partial charge is 0.495 e. The Balaban J connectivity index is 3.36. The average Bonchev–Trinajstić information content (AvgIpc) is 2.27. The highest BCUT2D eigenvalue weighted by Gasteiger charge is 2.32. The molecule has 0 saturated heterocycles. The second kappa shape index (κ2) is 5.61. The third-order valence-corrected chi connectivity index (χ3v) is 2.87. The van der Waals surface area contributed by atoms with Gasteiger partial charge in [-0.3, -0.25) is 0 Å². The lowest BCUT2D eigenvalue weighted by atomic mass is 9.95. The van der Waals surface area contributed by atoms with Crippen molar-refractivity contribution in [2.45, 2.75) is 25.4 Å². The van der Waals surface area contributed by atoms with Crippen molar-refractivity contribution in [3.63, 3.8) is 0 Å². The van der Waals surface area contributed by atoms with Crippen molar-refractivity contribution < 1.29 is 22.7 Å². The predicted octanol–water partition coefficient (Wildman–Crippen LogP) is 4.06. The summed E-state index contributed by atoms with van der Waals surface area (Å²) in [5.41, 5.74) is -0.564. The van der Waals surface area contributed by atoms with E-state index in [4.69, 9.17) is 16.3 Å². The molecule has 0 bridgehead atoms. The topological polar surface area (TPSA) is 26.3 Å². The van der Waals surface area contributed by atoms with Crippen LogP contribution in [-0.2, 0) is 11.0 Å². The maximum Gasteiger partial charge on any atom is 0.416 e. The molecule has 0 amide bonds. The summed E-state index contributed by atoms with van der Waals surface area (Å²) >= 11 is 5.77. The number of carbonyl (C=O) groups is 1. The van der Waals surface area contributed by atoms with Crippen LogP contribution in [0.4, 0.5) is 13.2 Å². The first-order valence-corrected chi connectivity index (χ1v) is 5.57. The number of aldehydes is 1. The van der Waals surface area contributed by atoms with Crippen molar-refractivity contribution in [1.29, 1.82) is 0 Å². The number of rotatable bonds is 4. The van der Waals surface area contributed by atoms with Gasteiger partial charge in [-0.25, -0.2) is 0 Å². The van der Waals surface area contributed by atoms with Crippen LogP contribution in [0.25, 0.3) is 0 Å². The Bertz CT molecular complexity index is 444. The van der Waals surface area contributed by atoms with Crippen LogP contribution in [0.1, 0.15) is 30.4 Å². The summed E-state index contributed by atoms with van der Waals surface area (Å²) in [6.45, 7) is 1.64. The number of ether oxygens (including phenoxy) is 1. The summed E-state index contributed by atoms with van der Waals surface area (Å²) in [6, 6.07) is 1.79. The second-order valence-corrected chi connectivity index (χ2v) is 4.29. The number of hydrogen-bond acceptors (Lipinski definition) is 2. The SMILES string of the molecule is COc1c(Cl)cc(C(F)(F)F)cc1C(C)CC=O. The molecule has 0 aliphatic carbocycles. The lowest BCUT2D eigenvalue weighted by Gasteiger charge is -2.17. The smallest absolute Gasteiger partial charge is 0.416 e. The van der Waals surface area contributed by atoms with Crippen molar-refractivity contribution >= 4 is 17.9 Å². The fourth-order valence-corrected chi connectivity index (χ4v) is 1.93. The van der Waals surface area contributed by atoms with Gasteiger partial charge in [0.2, 0.25) is 0 Å². The average molecular weight is 281 g/mol. The van der Waals surface area contributed by atoms with E-state index in [0.717, 1.165) is 12.1 Å². The second-order valence-electron chi connectivity index (χ2n) is 3.88. The van der Waals surface area contributed by atoms with Crippen molar-refractivity contribution in [3.05, 3.63) is 28.3 Å². The third kappa shape index (κ3) is 3.16. The molecule has 0 saturated carbocycles. The summed E-state index contributed by atoms with van der Waals surface area (Å²) in [6.07, 6.45) is -3.72. The van der Waals surface area contributed by atoms with Crippen LogP contribution in [0.3, 0.4) is 0 Å². The molecule has 1 aromatic rings. The third-order valence-electron chi connectivity index (χ3n) is 2.58. The monoisotopic (exact) mass is 280 g/mol. The minimum atomic E-state index is -4.48. The van der Waals surface area contributed by atoms with Crippen molar-refractivity contribution in [3.8, 4) is 5.75 Å². The first kappa shape index (κ1) is 14.8. The molecule has 0 N–H and O–H groups in total. The molecule has 0 spiro atoms. The van der Waals surface area contributed by atoms with Gasteiger partial charge in [-0.05, 0) is 23.6 Å². The van der Waals surface area contributed by atoms with E-state index in [0.29, 0.717) is 6.29 Å². The highest BCUT2D eigenvalue weighted by Crippen LogP contribution is 2.40. The van der Waals surface area contributed by atoms with E-state index in [1.807, 2.05) is 0 Å². The number of alkyl halides is 3. The molecular weight excluding hydrogens is 269 g/mol. The molecule has 0 aliphatic heterocycles. The molecule has 0 aliphatic rings. The molecule has 6 heteroatoms. The number of methoxy groups -OCH3 is 1. The van der Waals surface area contributed by atoms with Gasteiger partial charge < -0.3 is 9.53 Å². The summed E-state index contributed by atoms with van der Waals surface area (Å²) < 4.78 is 43.0. The van der Waals surface area contributed by atoms with Gasteiger partial charge >= 0.3 is 6.18 Å². The summed E-state index contributed by atoms with van der Waals surface area (Å²) in [7, 11) is 1.33. The Hall–Kier alpha value is -1.23. The molecule has 0 aromatic heterocycles. The van der Waals surface area contributed by atoms with E-state index in [2.05, 4.69) is 0 Å². The molecular formula is C12H12ClF3O2. The van der Waals surface area contributed by atoms with Gasteiger partial charge in [0.15, 0.2) is 0 Å². The zero-order valence-electron chi connectivity index (χ0n) is 9.84. The van der Waals surface area contributed by atoms with Crippen molar-refractivity contribution in [1.82, 2.24) is 0 Å². The van der Waals surface area contributed by atoms with Gasteiger partial charge in [0, 0.05) is 6.42 Å². The zero-order chi connectivity index (χ0) is 13.9. The first-order valence-electron chi connectivity index (χ1n) is 5.19. The Kier molecular flexibility index (Phi) is 4.62. The van der Waals surface area contributed by atoms with Crippen LogP contribution in [0.2, 0.25) is 5.02 Å². The van der Waals surface area contributed by atoms with Crippen LogP contribution in [0.5, 0.6) is 5.75 Å². The Morgan fingerprint density at radius 1 is 1.44 bits per heavy atom. The molecule has 1 atom stereocenters. The van der Waals surface area contributed by atoms with Gasteiger partial charge in [-0.15, -0.1) is 0 Å². The predicted molar refractivity (Wildman–Crippen MR) is 62.1 cm³/mol. The standard InChI is InChI=1S/C12H12ClF3O2/c1-7(3-4-17)9-5-8(12(14,15)16)6-10(13)11(9)18-2/h4-7H,3H2,1-2H3. The zero-order valence-corrected chi connectivity index (χ0v) is 10.6. The first-order chi connectivity index (χ1) is 8.31. The van der Waals surface area contributed by atoms with Crippen LogP contribution in [-0.4, -0.2) is 13.4 Å². The van der Waals surface area contributed by atoms with E-state index in [9.17, 15) is 18.0 Å². The van der Waals surface area contributed by atoms with Crippen LogP contribution in [0, 0.1) is 0 Å². The fraction of sp³-hybridized carbons (Fsp3) is 0.417. The number of halogens is 4. The summed E-state index contributed by atoms with van der Waals surface area (Å²) in [5, 5.41) is -0.111. The van der Waals surface area contributed by atoms with Gasteiger partial charge in [0.25, 0.3) is 0 Å². The Labute approximate surface area is 108 Å². The lowest BCUT2D eigenvalue weighted by Crippen LogP contribution is -2.08. The molecule has 1 unspecified atom stereocenters. The van der Waals surface area contributed by atoms with Crippen LogP contribution in [0.15, 0.2) is 12.1 Å². The Morgan fingerprint density at radius 3 is 2.50 bits per heavy atom. The van der Waals surface area contributed by atoms with Crippen molar-refractivity contribution in [2.75, 3.05) is 7.11 Å². The molecule has 0 radical (unpaired) electrons. The quantitative estimate of drug-likeness (QED) is 0.778. The normalized spacial score (nSPS) is 13.2. The Morgan fingerprint density at radius 2 is 2.06 bits per heavy atom. The highest BCUT2D eigenvalue weighted by molar-refractivity contribution is 6.32. The van der Waals surface area contributed by atoms with Gasteiger partial charge in [-0.1, -0.05) is 18.5 Å². The molecule has 2 nitrogen and oxygen atoms in total. The molecule has 100 valence electrons. The molecule has 1 aromatic carbocycles. The van der Waals surface area contributed by atoms with E-state index < -0.39 is 17.7 Å². The number of benzene rings is 1. The maximum atomic E-state index is 12.7. The molecule has 0 fully saturated rings. The van der Waals surface area contributed by atoms with E-state index >= 15 is 0 Å². The van der Waals surface area contributed by atoms with Gasteiger partial charge in [0.05, 0.1) is 17.7 Å². The number of hydrogen-bond donors (Lipinski definition) is 0. The van der Waals surface area contributed by atoms with Crippen molar-refractivity contribution in [2.24, 2.45) is 0 Å². The van der Waals surface area contributed by atoms with Gasteiger partial charge in [0.1, 0.15) is 12.0 Å². The molecule has 0 heterocycles. The van der Waals surface area contributed by atoms with E-state index in [1.54, 1.807) is 6.92 Å². The van der Waals surface area contributed by atoms with E-state index in [1.165, 1.54) is 7.11 Å². The summed E-state index contributed by atoms with van der Waals surface area (Å²) in [4.78, 5) is 10.5. The maximum absolute atomic E-state index is 12.7. The highest BCUT2D eigenvalue weighted by atomic mass is 35.5. The molecule has 18 heavy (non-hydrogen) atoms. The number of carbonyl (C=O) groups excluding carboxylic acids is 1. The van der Waals surface area contributed by atoms with Crippen LogP contribution < -0.4 is 4.74 Å². The minimum Gasteiger partial charge on any atom is -0.495 e. The summed E-state index contributed by atoms with van der Waals surface area (Å²) in [5.74, 6) is -0.212. The molecule has 1 rings (SSSR count). The fourth-order valence-electron chi connectivity index (χ4n) is 1.63. The van der Waals surface area contributed by atoms with Gasteiger partial charge in [-0.2, -0.15) is 13.2 Å². The minimum absolute atomic E-state index is 0.105. The lowest BCUT2D eigenvalue weighted by molar-refractivity contribution is -0.137. The van der Waals surface area contributed by atoms with Crippen LogP contribution >= 0.6 is 11.6 Å².